The average Bonchev–Trinajstić information content (AvgIpc) is 3.13. The number of benzene rings is 2. The van der Waals surface area contributed by atoms with Gasteiger partial charge in [0.1, 0.15) is 5.58 Å². The van der Waals surface area contributed by atoms with Gasteiger partial charge >= 0.3 is 5.63 Å². The molecule has 2 aromatic carbocycles. The van der Waals surface area contributed by atoms with Gasteiger partial charge in [-0.05, 0) is 33.7 Å². The van der Waals surface area contributed by atoms with E-state index in [2.05, 4.69) is 20.8 Å². The molecule has 1 N–H and O–H groups in total. The number of nitrogens with zero attached hydrogens (tertiary/aromatic N) is 4. The maximum atomic E-state index is 12.0. The van der Waals surface area contributed by atoms with Crippen LogP contribution < -0.4 is 10.9 Å². The fourth-order valence-electron chi connectivity index (χ4n) is 2.93. The summed E-state index contributed by atoms with van der Waals surface area (Å²) < 4.78 is 7.03. The molecule has 8 nitrogen and oxygen atoms in total. The highest BCUT2D eigenvalue weighted by Crippen LogP contribution is 2.27. The van der Waals surface area contributed by atoms with Crippen LogP contribution in [0, 0.1) is 0 Å². The highest BCUT2D eigenvalue weighted by Gasteiger charge is 2.12. The molecule has 0 saturated carbocycles. The van der Waals surface area contributed by atoms with Crippen LogP contribution in [0.4, 0.5) is 5.69 Å². The highest BCUT2D eigenvalue weighted by molar-refractivity contribution is 7.98. The van der Waals surface area contributed by atoms with E-state index in [0.717, 1.165) is 16.5 Å². The molecule has 0 aliphatic heterocycles. The van der Waals surface area contributed by atoms with Gasteiger partial charge in [0.25, 0.3) is 0 Å². The zero-order valence-electron chi connectivity index (χ0n) is 15.5. The first-order valence-electron chi connectivity index (χ1n) is 8.86. The molecule has 4 rings (SSSR count). The first kappa shape index (κ1) is 18.9. The summed E-state index contributed by atoms with van der Waals surface area (Å²) >= 11 is 1.44. The van der Waals surface area contributed by atoms with Crippen molar-refractivity contribution in [3.05, 3.63) is 76.1 Å². The molecule has 9 heteroatoms. The van der Waals surface area contributed by atoms with Gasteiger partial charge in [-0.15, -0.1) is 5.10 Å². The Balaban J connectivity index is 1.57. The lowest BCUT2D eigenvalue weighted by Crippen LogP contribution is -2.06. The number of nitrogens with one attached hydrogen (secondary N) is 1. The summed E-state index contributed by atoms with van der Waals surface area (Å²) in [6.45, 7) is 1.99. The molecule has 2 aromatic heterocycles. The van der Waals surface area contributed by atoms with Gasteiger partial charge in [0.2, 0.25) is 11.1 Å². The predicted octanol–water partition coefficient (Wildman–Crippen LogP) is 3.08. The molecule has 2 heterocycles. The standard InChI is InChI=1S/C20H17N5O3S/c1-13(26)21-16-7-8-17-15(9-19(27)28-18(17)10-16)12-29-20-22-23-24-25(20)11-14-5-3-2-4-6-14/h2-10H,11-12H2,1H3,(H,21,26). The number of thioether (sulfide) groups is 1. The van der Waals surface area contributed by atoms with Crippen LogP contribution in [0.1, 0.15) is 18.1 Å². The van der Waals surface area contributed by atoms with Crippen LogP contribution in [0.3, 0.4) is 0 Å². The first-order chi connectivity index (χ1) is 14.1. The SMILES string of the molecule is CC(=O)Nc1ccc2c(CSc3nnnn3Cc3ccccc3)cc(=O)oc2c1. The molecule has 0 bridgehead atoms. The Morgan fingerprint density at radius 1 is 1.17 bits per heavy atom. The summed E-state index contributed by atoms with van der Waals surface area (Å²) in [7, 11) is 0. The van der Waals surface area contributed by atoms with Crippen LogP contribution >= 0.6 is 11.8 Å². The molecule has 29 heavy (non-hydrogen) atoms. The van der Waals surface area contributed by atoms with Gasteiger partial charge in [0, 0.05) is 35.9 Å². The summed E-state index contributed by atoms with van der Waals surface area (Å²) in [5.74, 6) is 0.306. The van der Waals surface area contributed by atoms with Gasteiger partial charge in [-0.25, -0.2) is 9.48 Å². The third kappa shape index (κ3) is 4.52. The van der Waals surface area contributed by atoms with E-state index in [1.165, 1.54) is 24.8 Å². The molecule has 1 amide bonds. The Labute approximate surface area is 169 Å². The van der Waals surface area contributed by atoms with Crippen LogP contribution in [-0.4, -0.2) is 26.1 Å². The van der Waals surface area contributed by atoms with E-state index in [0.29, 0.717) is 28.7 Å². The minimum absolute atomic E-state index is 0.191. The van der Waals surface area contributed by atoms with Gasteiger partial charge in [-0.3, -0.25) is 4.79 Å². The highest BCUT2D eigenvalue weighted by atomic mass is 32.2. The van der Waals surface area contributed by atoms with Crippen molar-refractivity contribution in [2.45, 2.75) is 24.4 Å². The van der Waals surface area contributed by atoms with Gasteiger partial charge in [0.15, 0.2) is 0 Å². The Kier molecular flexibility index (Phi) is 5.39. The number of fused-ring (bicyclic) bond motifs is 1. The molecule has 0 fully saturated rings. The first-order valence-corrected chi connectivity index (χ1v) is 9.84. The molecule has 0 aliphatic carbocycles. The molecule has 0 atom stereocenters. The second-order valence-electron chi connectivity index (χ2n) is 6.38. The minimum atomic E-state index is -0.447. The molecule has 0 radical (unpaired) electrons. The maximum absolute atomic E-state index is 12.0. The number of carbonyl (C=O) groups excluding carboxylic acids is 1. The molecule has 0 aliphatic rings. The van der Waals surface area contributed by atoms with E-state index >= 15 is 0 Å². The summed E-state index contributed by atoms with van der Waals surface area (Å²) in [5.41, 5.74) is 2.45. The van der Waals surface area contributed by atoms with Gasteiger partial charge in [-0.1, -0.05) is 42.1 Å². The van der Waals surface area contributed by atoms with Gasteiger partial charge in [-0.2, -0.15) is 0 Å². The van der Waals surface area contributed by atoms with E-state index in [-0.39, 0.29) is 5.91 Å². The molecule has 146 valence electrons. The van der Waals surface area contributed by atoms with E-state index in [4.69, 9.17) is 4.42 Å². The lowest BCUT2D eigenvalue weighted by molar-refractivity contribution is -0.114. The number of amides is 1. The molecular weight excluding hydrogens is 390 g/mol. The number of hydrogen-bond donors (Lipinski definition) is 1. The van der Waals surface area contributed by atoms with E-state index < -0.39 is 5.63 Å². The quantitative estimate of drug-likeness (QED) is 0.387. The minimum Gasteiger partial charge on any atom is -0.423 e. The third-order valence-electron chi connectivity index (χ3n) is 4.18. The van der Waals surface area contributed by atoms with Crippen LogP contribution in [-0.2, 0) is 17.1 Å². The zero-order valence-corrected chi connectivity index (χ0v) is 16.3. The number of hydrogen-bond acceptors (Lipinski definition) is 7. The predicted molar refractivity (Wildman–Crippen MR) is 110 cm³/mol. The number of rotatable bonds is 6. The van der Waals surface area contributed by atoms with Crippen molar-refractivity contribution >= 4 is 34.3 Å². The van der Waals surface area contributed by atoms with Crippen molar-refractivity contribution < 1.29 is 9.21 Å². The van der Waals surface area contributed by atoms with E-state index in [1.807, 2.05) is 36.4 Å². The molecular formula is C20H17N5O3S. The Hall–Kier alpha value is -3.46. The Bertz CT molecular complexity index is 1220. The van der Waals surface area contributed by atoms with Crippen LogP contribution in [0.15, 0.2) is 69.0 Å². The largest absolute Gasteiger partial charge is 0.423 e. The number of aromatic nitrogens is 4. The lowest BCUT2D eigenvalue weighted by Gasteiger charge is -2.08. The zero-order chi connectivity index (χ0) is 20.2. The lowest BCUT2D eigenvalue weighted by atomic mass is 10.1. The number of anilines is 1. The van der Waals surface area contributed by atoms with Crippen molar-refractivity contribution in [3.63, 3.8) is 0 Å². The van der Waals surface area contributed by atoms with Gasteiger partial charge < -0.3 is 9.73 Å². The monoisotopic (exact) mass is 407 g/mol. The van der Waals surface area contributed by atoms with Crippen molar-refractivity contribution in [3.8, 4) is 0 Å². The number of carbonyl (C=O) groups is 1. The topological polar surface area (TPSA) is 103 Å². The van der Waals surface area contributed by atoms with Crippen molar-refractivity contribution in [2.24, 2.45) is 0 Å². The molecule has 0 unspecified atom stereocenters. The molecule has 4 aromatic rings. The summed E-state index contributed by atoms with van der Waals surface area (Å²) in [6, 6.07) is 16.6. The third-order valence-corrected chi connectivity index (χ3v) is 5.19. The normalized spacial score (nSPS) is 10.9. The van der Waals surface area contributed by atoms with Crippen LogP contribution in [0.2, 0.25) is 0 Å². The fourth-order valence-corrected chi connectivity index (χ4v) is 3.80. The summed E-state index contributed by atoms with van der Waals surface area (Å²) in [4.78, 5) is 23.3. The van der Waals surface area contributed by atoms with Crippen LogP contribution in [0.5, 0.6) is 0 Å². The Morgan fingerprint density at radius 3 is 2.79 bits per heavy atom. The van der Waals surface area contributed by atoms with E-state index in [1.54, 1.807) is 16.8 Å². The Morgan fingerprint density at radius 2 is 2.00 bits per heavy atom. The number of tetrazole rings is 1. The molecule has 0 spiro atoms. The fraction of sp³-hybridized carbons (Fsp3) is 0.150. The van der Waals surface area contributed by atoms with Crippen LogP contribution in [0.25, 0.3) is 11.0 Å². The van der Waals surface area contributed by atoms with E-state index in [9.17, 15) is 9.59 Å². The van der Waals surface area contributed by atoms with Crippen molar-refractivity contribution in [2.75, 3.05) is 5.32 Å². The summed E-state index contributed by atoms with van der Waals surface area (Å²) in [6.07, 6.45) is 0. The smallest absolute Gasteiger partial charge is 0.336 e. The maximum Gasteiger partial charge on any atom is 0.336 e. The van der Waals surface area contributed by atoms with Gasteiger partial charge in [0.05, 0.1) is 6.54 Å². The van der Waals surface area contributed by atoms with Crippen molar-refractivity contribution in [1.82, 2.24) is 20.2 Å². The molecule has 0 saturated heterocycles. The average molecular weight is 407 g/mol. The second-order valence-corrected chi connectivity index (χ2v) is 7.32. The van der Waals surface area contributed by atoms with Crippen molar-refractivity contribution in [1.29, 1.82) is 0 Å². The summed E-state index contributed by atoms with van der Waals surface area (Å²) in [5, 5.41) is 16.1. The second kappa shape index (κ2) is 8.27.